The fraction of sp³-hybridized carbons (Fsp3) is 0.625. The zero-order valence-corrected chi connectivity index (χ0v) is 15.5. The number of sulfonamides is 2. The van der Waals surface area contributed by atoms with Crippen LogP contribution >= 0.6 is 0 Å². The maximum atomic E-state index is 12.7. The predicted molar refractivity (Wildman–Crippen MR) is 94.1 cm³/mol. The van der Waals surface area contributed by atoms with Gasteiger partial charge < -0.3 is 0 Å². The van der Waals surface area contributed by atoms with E-state index in [1.54, 1.807) is 19.1 Å². The minimum absolute atomic E-state index is 0.0169. The van der Waals surface area contributed by atoms with E-state index in [1.807, 2.05) is 0 Å². The lowest BCUT2D eigenvalue weighted by Gasteiger charge is -2.29. The Balaban J connectivity index is 1.94. The van der Waals surface area contributed by atoms with Gasteiger partial charge in [0.1, 0.15) is 0 Å². The van der Waals surface area contributed by atoms with Gasteiger partial charge in [-0.15, -0.1) is 0 Å². The van der Waals surface area contributed by atoms with E-state index in [4.69, 9.17) is 0 Å². The second-order valence-corrected chi connectivity index (χ2v) is 10.3. The van der Waals surface area contributed by atoms with Gasteiger partial charge in [0.2, 0.25) is 20.0 Å². The Morgan fingerprint density at radius 1 is 1.12 bits per heavy atom. The molecule has 134 valence electrons. The molecule has 1 aliphatic heterocycles. The summed E-state index contributed by atoms with van der Waals surface area (Å²) in [5.41, 5.74) is 1.06. The maximum absolute atomic E-state index is 12.7. The van der Waals surface area contributed by atoms with Crippen molar-refractivity contribution in [3.05, 3.63) is 23.8 Å². The number of benzene rings is 1. The lowest BCUT2D eigenvalue weighted by molar-refractivity contribution is 0.551. The monoisotopic (exact) mass is 372 g/mol. The maximum Gasteiger partial charge on any atom is 0.241 e. The van der Waals surface area contributed by atoms with E-state index in [-0.39, 0.29) is 16.7 Å². The van der Waals surface area contributed by atoms with E-state index in [0.29, 0.717) is 24.2 Å². The molecule has 0 unspecified atom stereocenters. The summed E-state index contributed by atoms with van der Waals surface area (Å²) in [6.07, 6.45) is 5.24. The number of aryl methyl sites for hydroxylation is 1. The molecule has 1 saturated heterocycles. The molecule has 1 aromatic rings. The Labute approximate surface area is 144 Å². The molecule has 2 aliphatic rings. The fourth-order valence-electron chi connectivity index (χ4n) is 3.44. The molecule has 8 heteroatoms. The van der Waals surface area contributed by atoms with Crippen LogP contribution in [-0.4, -0.2) is 35.2 Å². The Morgan fingerprint density at radius 2 is 1.83 bits per heavy atom. The summed E-state index contributed by atoms with van der Waals surface area (Å²) in [6, 6.07) is 4.85. The van der Waals surface area contributed by atoms with Crippen molar-refractivity contribution in [3.63, 3.8) is 0 Å². The molecule has 2 fully saturated rings. The molecule has 0 spiro atoms. The molecule has 3 rings (SSSR count). The first-order valence-corrected chi connectivity index (χ1v) is 11.5. The number of hydrogen-bond donors (Lipinski definition) is 1. The highest BCUT2D eigenvalue weighted by Gasteiger charge is 2.29. The van der Waals surface area contributed by atoms with E-state index >= 15 is 0 Å². The highest BCUT2D eigenvalue weighted by molar-refractivity contribution is 7.92. The molecule has 1 heterocycles. The third kappa shape index (κ3) is 3.60. The minimum Gasteiger partial charge on any atom is -0.270 e. The smallest absolute Gasteiger partial charge is 0.241 e. The average molecular weight is 373 g/mol. The summed E-state index contributed by atoms with van der Waals surface area (Å²) in [5, 5.41) is 0. The number of hydrogen-bond acceptors (Lipinski definition) is 4. The van der Waals surface area contributed by atoms with Crippen molar-refractivity contribution in [2.45, 2.75) is 56.4 Å². The number of nitrogens with one attached hydrogen (secondary N) is 1. The Bertz CT molecular complexity index is 812. The van der Waals surface area contributed by atoms with Gasteiger partial charge in [0.25, 0.3) is 0 Å². The van der Waals surface area contributed by atoms with Crippen molar-refractivity contribution < 1.29 is 16.8 Å². The summed E-state index contributed by atoms with van der Waals surface area (Å²) >= 11 is 0. The summed E-state index contributed by atoms with van der Waals surface area (Å²) in [6.45, 7) is 2.14. The first kappa shape index (κ1) is 17.7. The zero-order chi connectivity index (χ0) is 17.4. The van der Waals surface area contributed by atoms with Crippen LogP contribution in [0.4, 0.5) is 5.69 Å². The molecule has 1 aliphatic carbocycles. The zero-order valence-electron chi connectivity index (χ0n) is 13.9. The topological polar surface area (TPSA) is 83.6 Å². The van der Waals surface area contributed by atoms with Crippen LogP contribution in [0.1, 0.15) is 44.1 Å². The fourth-order valence-corrected chi connectivity index (χ4v) is 6.64. The number of nitrogens with zero attached hydrogens (tertiary/aromatic N) is 1. The summed E-state index contributed by atoms with van der Waals surface area (Å²) in [7, 11) is -7.00. The van der Waals surface area contributed by atoms with Gasteiger partial charge in [-0.1, -0.05) is 18.9 Å². The molecular weight excluding hydrogens is 348 g/mol. The molecule has 24 heavy (non-hydrogen) atoms. The molecule has 0 amide bonds. The first-order chi connectivity index (χ1) is 11.3. The molecule has 0 aromatic heterocycles. The van der Waals surface area contributed by atoms with E-state index in [0.717, 1.165) is 32.1 Å². The molecule has 0 radical (unpaired) electrons. The molecule has 0 atom stereocenters. The molecular formula is C16H24N2O4S2. The Morgan fingerprint density at radius 3 is 2.50 bits per heavy atom. The predicted octanol–water partition coefficient (Wildman–Crippen LogP) is 2.15. The van der Waals surface area contributed by atoms with Crippen molar-refractivity contribution in [1.82, 2.24) is 4.72 Å². The van der Waals surface area contributed by atoms with Crippen LogP contribution in [0.3, 0.4) is 0 Å². The highest BCUT2D eigenvalue weighted by Crippen LogP contribution is 2.28. The van der Waals surface area contributed by atoms with Crippen molar-refractivity contribution >= 4 is 25.7 Å². The van der Waals surface area contributed by atoms with E-state index < -0.39 is 20.0 Å². The van der Waals surface area contributed by atoms with Crippen LogP contribution in [0.15, 0.2) is 23.1 Å². The van der Waals surface area contributed by atoms with E-state index in [2.05, 4.69) is 4.72 Å². The number of anilines is 1. The van der Waals surface area contributed by atoms with Gasteiger partial charge in [0.05, 0.1) is 16.3 Å². The van der Waals surface area contributed by atoms with E-state index in [1.165, 1.54) is 10.4 Å². The van der Waals surface area contributed by atoms with Crippen LogP contribution in [0.5, 0.6) is 0 Å². The van der Waals surface area contributed by atoms with Gasteiger partial charge in [-0.25, -0.2) is 21.6 Å². The van der Waals surface area contributed by atoms with Gasteiger partial charge in [0.15, 0.2) is 0 Å². The SMILES string of the molecule is Cc1ccc(N2CCCCS2(=O)=O)cc1S(=O)(=O)NC1CCCC1. The Kier molecular flexibility index (Phi) is 4.90. The van der Waals surface area contributed by atoms with Crippen molar-refractivity contribution in [3.8, 4) is 0 Å². The van der Waals surface area contributed by atoms with E-state index in [9.17, 15) is 16.8 Å². The normalized spacial score (nSPS) is 22.0. The van der Waals surface area contributed by atoms with Crippen LogP contribution in [-0.2, 0) is 20.0 Å². The Hall–Kier alpha value is -1.12. The lowest BCUT2D eigenvalue weighted by atomic mass is 10.2. The summed E-state index contributed by atoms with van der Waals surface area (Å²) < 4.78 is 54.1. The first-order valence-electron chi connectivity index (χ1n) is 8.43. The van der Waals surface area contributed by atoms with Gasteiger partial charge in [0, 0.05) is 12.6 Å². The van der Waals surface area contributed by atoms with Crippen molar-refractivity contribution in [2.75, 3.05) is 16.6 Å². The third-order valence-electron chi connectivity index (χ3n) is 4.78. The van der Waals surface area contributed by atoms with Crippen LogP contribution in [0.2, 0.25) is 0 Å². The number of rotatable bonds is 4. The molecule has 1 N–H and O–H groups in total. The van der Waals surface area contributed by atoms with Gasteiger partial charge in [-0.3, -0.25) is 4.31 Å². The minimum atomic E-state index is -3.64. The molecule has 6 nitrogen and oxygen atoms in total. The van der Waals surface area contributed by atoms with Crippen molar-refractivity contribution in [2.24, 2.45) is 0 Å². The van der Waals surface area contributed by atoms with Gasteiger partial charge >= 0.3 is 0 Å². The summed E-state index contributed by atoms with van der Waals surface area (Å²) in [5.74, 6) is 0.114. The molecule has 0 bridgehead atoms. The van der Waals surface area contributed by atoms with Crippen LogP contribution < -0.4 is 9.03 Å². The quantitative estimate of drug-likeness (QED) is 0.878. The average Bonchev–Trinajstić information content (AvgIpc) is 2.99. The van der Waals surface area contributed by atoms with Gasteiger partial charge in [-0.05, 0) is 50.3 Å². The third-order valence-corrected chi connectivity index (χ3v) is 8.31. The molecule has 1 aromatic carbocycles. The van der Waals surface area contributed by atoms with Gasteiger partial charge in [-0.2, -0.15) is 0 Å². The summed E-state index contributed by atoms with van der Waals surface area (Å²) in [4.78, 5) is 0.174. The second kappa shape index (κ2) is 6.65. The second-order valence-electron chi connectivity index (χ2n) is 6.65. The largest absolute Gasteiger partial charge is 0.270 e. The van der Waals surface area contributed by atoms with Crippen LogP contribution in [0.25, 0.3) is 0 Å². The van der Waals surface area contributed by atoms with Crippen LogP contribution in [0, 0.1) is 6.92 Å². The van der Waals surface area contributed by atoms with Crippen molar-refractivity contribution in [1.29, 1.82) is 0 Å². The standard InChI is InChI=1S/C16H24N2O4S2/c1-13-8-9-15(18-10-4-5-11-23(18,19)20)12-16(13)24(21,22)17-14-6-2-3-7-14/h8-9,12,14,17H,2-7,10-11H2,1H3. The lowest BCUT2D eigenvalue weighted by Crippen LogP contribution is -2.38. The highest BCUT2D eigenvalue weighted by atomic mass is 32.2. The molecule has 1 saturated carbocycles.